The fourth-order valence-corrected chi connectivity index (χ4v) is 4.16. The Labute approximate surface area is 208 Å². The summed E-state index contributed by atoms with van der Waals surface area (Å²) in [6.07, 6.45) is -3.99. The van der Waals surface area contributed by atoms with E-state index in [1.165, 1.54) is 31.2 Å². The molecule has 0 radical (unpaired) electrons. The van der Waals surface area contributed by atoms with Crippen molar-refractivity contribution in [1.29, 1.82) is 0 Å². The Kier molecular flexibility index (Phi) is 8.77. The lowest BCUT2D eigenvalue weighted by molar-refractivity contribution is -0.140. The van der Waals surface area contributed by atoms with Gasteiger partial charge in [-0.15, -0.1) is 0 Å². The summed E-state index contributed by atoms with van der Waals surface area (Å²) in [7, 11) is -4.22. The number of amides is 2. The molecule has 198 valence electrons. The van der Waals surface area contributed by atoms with Crippen molar-refractivity contribution in [3.8, 4) is 0 Å². The average Bonchev–Trinajstić information content (AvgIpc) is 2.73. The van der Waals surface area contributed by atoms with Gasteiger partial charge < -0.3 is 10.2 Å². The number of hydrogen-bond donors (Lipinski definition) is 1. The Hall–Kier alpha value is -3.15. The van der Waals surface area contributed by atoms with Gasteiger partial charge in [0.05, 0.1) is 17.5 Å². The number of nitrogens with zero attached hydrogens (tertiary/aromatic N) is 2. The second kappa shape index (κ2) is 10.9. The number of nitrogens with one attached hydrogen (secondary N) is 1. The molecule has 0 aliphatic heterocycles. The molecule has 0 saturated heterocycles. The first-order chi connectivity index (χ1) is 16.4. The van der Waals surface area contributed by atoms with Gasteiger partial charge in [0.25, 0.3) is 0 Å². The summed E-state index contributed by atoms with van der Waals surface area (Å²) in [6.45, 7) is 5.29. The fourth-order valence-electron chi connectivity index (χ4n) is 3.32. The molecule has 0 fully saturated rings. The highest BCUT2D eigenvalue weighted by Crippen LogP contribution is 2.32. The normalized spacial score (nSPS) is 13.1. The highest BCUT2D eigenvalue weighted by atomic mass is 32.2. The van der Waals surface area contributed by atoms with Gasteiger partial charge in [-0.3, -0.25) is 13.9 Å². The molecule has 0 aliphatic rings. The topological polar surface area (TPSA) is 86.8 Å². The second-order valence-electron chi connectivity index (χ2n) is 9.35. The molecule has 2 amide bonds. The van der Waals surface area contributed by atoms with Crippen molar-refractivity contribution in [2.45, 2.75) is 52.0 Å². The molecule has 36 heavy (non-hydrogen) atoms. The largest absolute Gasteiger partial charge is 0.416 e. The monoisotopic (exact) mass is 531 g/mol. The Morgan fingerprint density at radius 3 is 2.17 bits per heavy atom. The molecule has 0 aliphatic carbocycles. The number of benzene rings is 2. The van der Waals surface area contributed by atoms with Crippen molar-refractivity contribution in [3.05, 3.63) is 65.5 Å². The molecule has 12 heteroatoms. The van der Waals surface area contributed by atoms with Crippen LogP contribution in [0, 0.1) is 5.82 Å². The van der Waals surface area contributed by atoms with E-state index < -0.39 is 57.5 Å². The van der Waals surface area contributed by atoms with Gasteiger partial charge in [0, 0.05) is 17.6 Å². The summed E-state index contributed by atoms with van der Waals surface area (Å²) in [5.74, 6) is -2.12. The van der Waals surface area contributed by atoms with Crippen LogP contribution in [0.5, 0.6) is 0 Å². The predicted molar refractivity (Wildman–Crippen MR) is 128 cm³/mol. The van der Waals surface area contributed by atoms with Gasteiger partial charge >= 0.3 is 6.18 Å². The van der Waals surface area contributed by atoms with Gasteiger partial charge in [0.1, 0.15) is 18.4 Å². The van der Waals surface area contributed by atoms with Gasteiger partial charge in [-0.25, -0.2) is 12.8 Å². The highest BCUT2D eigenvalue weighted by Gasteiger charge is 2.34. The summed E-state index contributed by atoms with van der Waals surface area (Å²) >= 11 is 0. The lowest BCUT2D eigenvalue weighted by atomic mass is 10.1. The number of halogens is 4. The van der Waals surface area contributed by atoms with Crippen LogP contribution in [0.3, 0.4) is 0 Å². The maximum Gasteiger partial charge on any atom is 0.416 e. The Balaban J connectivity index is 2.47. The van der Waals surface area contributed by atoms with Crippen molar-refractivity contribution in [2.75, 3.05) is 17.1 Å². The molecule has 2 rings (SSSR count). The van der Waals surface area contributed by atoms with Crippen LogP contribution in [0.1, 0.15) is 38.8 Å². The lowest BCUT2D eigenvalue weighted by Crippen LogP contribution is -2.54. The molecule has 1 N–H and O–H groups in total. The summed E-state index contributed by atoms with van der Waals surface area (Å²) in [6, 6.07) is 7.94. The van der Waals surface area contributed by atoms with E-state index in [4.69, 9.17) is 0 Å². The van der Waals surface area contributed by atoms with Crippen molar-refractivity contribution >= 4 is 27.5 Å². The zero-order chi connectivity index (χ0) is 27.5. The second-order valence-corrected chi connectivity index (χ2v) is 11.3. The molecule has 0 aromatic heterocycles. The highest BCUT2D eigenvalue weighted by molar-refractivity contribution is 7.92. The van der Waals surface area contributed by atoms with E-state index in [9.17, 15) is 35.6 Å². The van der Waals surface area contributed by atoms with E-state index in [1.54, 1.807) is 20.8 Å². The Morgan fingerprint density at radius 1 is 1.03 bits per heavy atom. The fraction of sp³-hybridized carbons (Fsp3) is 0.417. The first-order valence-electron chi connectivity index (χ1n) is 10.9. The molecule has 0 heterocycles. The predicted octanol–water partition coefficient (Wildman–Crippen LogP) is 3.94. The molecule has 0 saturated carbocycles. The zero-order valence-electron chi connectivity index (χ0n) is 20.6. The standard InChI is InChI=1S/C24H29F4N3O4S/c1-16(22(33)29-23(2,3)4)30(14-17-9-6-7-12-20(17)25)21(32)15-31(36(5,34)35)19-11-8-10-18(13-19)24(26,27)28/h6-13,16H,14-15H2,1-5H3,(H,29,33)/t16-/m1/s1. The van der Waals surface area contributed by atoms with E-state index in [2.05, 4.69) is 5.32 Å². The van der Waals surface area contributed by atoms with Crippen LogP contribution in [0.15, 0.2) is 48.5 Å². The van der Waals surface area contributed by atoms with Crippen LogP contribution in [0.25, 0.3) is 0 Å². The van der Waals surface area contributed by atoms with E-state index in [0.29, 0.717) is 10.4 Å². The van der Waals surface area contributed by atoms with E-state index in [0.717, 1.165) is 29.4 Å². The maximum absolute atomic E-state index is 14.4. The van der Waals surface area contributed by atoms with E-state index >= 15 is 0 Å². The van der Waals surface area contributed by atoms with Crippen molar-refractivity contribution in [1.82, 2.24) is 10.2 Å². The van der Waals surface area contributed by atoms with Crippen LogP contribution in [0.2, 0.25) is 0 Å². The Bertz CT molecular complexity index is 1210. The lowest BCUT2D eigenvalue weighted by Gasteiger charge is -2.33. The van der Waals surface area contributed by atoms with Gasteiger partial charge in [0.15, 0.2) is 0 Å². The SMILES string of the molecule is C[C@H](C(=O)NC(C)(C)C)N(Cc1ccccc1F)C(=O)CN(c1cccc(C(F)(F)F)c1)S(C)(=O)=O. The molecular formula is C24H29F4N3O4S. The quantitative estimate of drug-likeness (QED) is 0.523. The Morgan fingerprint density at radius 2 is 1.64 bits per heavy atom. The molecule has 2 aromatic rings. The number of alkyl halides is 3. The summed E-state index contributed by atoms with van der Waals surface area (Å²) in [5, 5.41) is 2.71. The minimum absolute atomic E-state index is 0.0752. The third-order valence-corrected chi connectivity index (χ3v) is 6.25. The molecule has 0 bridgehead atoms. The summed E-state index contributed by atoms with van der Waals surface area (Å²) in [4.78, 5) is 27.2. The molecule has 7 nitrogen and oxygen atoms in total. The first-order valence-corrected chi connectivity index (χ1v) is 12.7. The average molecular weight is 532 g/mol. The van der Waals surface area contributed by atoms with Gasteiger partial charge in [-0.1, -0.05) is 24.3 Å². The minimum atomic E-state index is -4.74. The first kappa shape index (κ1) is 29.1. The molecule has 2 aromatic carbocycles. The number of sulfonamides is 1. The molecular weight excluding hydrogens is 502 g/mol. The number of anilines is 1. The summed E-state index contributed by atoms with van der Waals surface area (Å²) < 4.78 is 79.5. The van der Waals surface area contributed by atoms with Crippen molar-refractivity contribution in [2.24, 2.45) is 0 Å². The zero-order valence-corrected chi connectivity index (χ0v) is 21.4. The van der Waals surface area contributed by atoms with Crippen molar-refractivity contribution < 1.29 is 35.6 Å². The van der Waals surface area contributed by atoms with E-state index in [-0.39, 0.29) is 17.8 Å². The minimum Gasteiger partial charge on any atom is -0.350 e. The summed E-state index contributed by atoms with van der Waals surface area (Å²) in [5.41, 5.74) is -2.05. The van der Waals surface area contributed by atoms with Gasteiger partial charge in [-0.05, 0) is 52.0 Å². The van der Waals surface area contributed by atoms with Crippen LogP contribution in [0.4, 0.5) is 23.2 Å². The van der Waals surface area contributed by atoms with Gasteiger partial charge in [-0.2, -0.15) is 13.2 Å². The molecule has 0 unspecified atom stereocenters. The number of carbonyl (C=O) groups excluding carboxylic acids is 2. The van der Waals surface area contributed by atoms with Crippen LogP contribution >= 0.6 is 0 Å². The van der Waals surface area contributed by atoms with Crippen LogP contribution in [-0.2, 0) is 32.3 Å². The smallest absolute Gasteiger partial charge is 0.350 e. The maximum atomic E-state index is 14.4. The number of carbonyl (C=O) groups is 2. The van der Waals surface area contributed by atoms with Gasteiger partial charge in [0.2, 0.25) is 21.8 Å². The van der Waals surface area contributed by atoms with Crippen molar-refractivity contribution in [3.63, 3.8) is 0 Å². The molecule has 1 atom stereocenters. The van der Waals surface area contributed by atoms with Crippen LogP contribution < -0.4 is 9.62 Å². The van der Waals surface area contributed by atoms with Crippen LogP contribution in [-0.4, -0.2) is 49.5 Å². The molecule has 0 spiro atoms. The number of rotatable bonds is 8. The third-order valence-electron chi connectivity index (χ3n) is 5.10. The number of hydrogen-bond acceptors (Lipinski definition) is 4. The van der Waals surface area contributed by atoms with E-state index in [1.807, 2.05) is 0 Å². The third kappa shape index (κ3) is 7.94.